The molecule has 20 heavy (non-hydrogen) atoms. The number of hydrogen-bond donors (Lipinski definition) is 1. The van der Waals surface area contributed by atoms with Gasteiger partial charge in [0.1, 0.15) is 6.04 Å². The summed E-state index contributed by atoms with van der Waals surface area (Å²) in [4.78, 5) is 36.2. The summed E-state index contributed by atoms with van der Waals surface area (Å²) < 4.78 is 0. The number of carbonyl (C=O) groups is 3. The molecule has 1 aliphatic heterocycles. The Morgan fingerprint density at radius 3 is 2.80 bits per heavy atom. The molecule has 1 aliphatic rings. The molecule has 9 heteroatoms. The van der Waals surface area contributed by atoms with Crippen LogP contribution < -0.4 is 5.32 Å². The van der Waals surface area contributed by atoms with Crippen LogP contribution in [0.4, 0.5) is 0 Å². The van der Waals surface area contributed by atoms with E-state index in [9.17, 15) is 14.4 Å². The lowest BCUT2D eigenvalue weighted by Gasteiger charge is -2.28. The van der Waals surface area contributed by atoms with Crippen molar-refractivity contribution in [2.45, 2.75) is 18.9 Å². The second kappa shape index (κ2) is 5.72. The van der Waals surface area contributed by atoms with E-state index in [0.29, 0.717) is 0 Å². The molecule has 0 saturated carbocycles. The number of imide groups is 1. The minimum Gasteiger partial charge on any atom is -0.340 e. The van der Waals surface area contributed by atoms with Gasteiger partial charge in [-0.25, -0.2) is 0 Å². The third kappa shape index (κ3) is 2.88. The van der Waals surface area contributed by atoms with Gasteiger partial charge in [0.2, 0.25) is 5.91 Å². The Bertz CT molecular complexity index is 593. The maximum absolute atomic E-state index is 12.0. The third-order valence-electron chi connectivity index (χ3n) is 2.92. The fraction of sp³-hybridized carbons (Fsp3) is 0.364. The van der Waals surface area contributed by atoms with Crippen LogP contribution in [-0.4, -0.2) is 45.9 Å². The normalized spacial score (nSPS) is 19.1. The molecule has 106 valence electrons. The lowest BCUT2D eigenvalue weighted by atomic mass is 10.0. The van der Waals surface area contributed by atoms with Crippen LogP contribution in [0.25, 0.3) is 0 Å². The van der Waals surface area contributed by atoms with Gasteiger partial charge in [-0.1, -0.05) is 23.2 Å². The predicted octanol–water partition coefficient (Wildman–Crippen LogP) is 0.661. The standard InChI is InChI=1S/C11H10Cl2N4O3/c1-17-8(18)3-2-6(11(17)20)14-10(19)5-4-7(12)15-16-9(5)13/h4,6H,2-3H2,1H3,(H,14,19). The Kier molecular flexibility index (Phi) is 4.20. The summed E-state index contributed by atoms with van der Waals surface area (Å²) in [5, 5.41) is 9.42. The molecule has 3 amide bonds. The lowest BCUT2D eigenvalue weighted by molar-refractivity contribution is -0.147. The first kappa shape index (κ1) is 14.7. The maximum Gasteiger partial charge on any atom is 0.255 e. The predicted molar refractivity (Wildman–Crippen MR) is 70.3 cm³/mol. The Balaban J connectivity index is 2.14. The van der Waals surface area contributed by atoms with E-state index in [4.69, 9.17) is 23.2 Å². The number of nitrogens with zero attached hydrogens (tertiary/aromatic N) is 3. The number of halogens is 2. The minimum absolute atomic E-state index is 0.0156. The van der Waals surface area contributed by atoms with E-state index in [2.05, 4.69) is 15.5 Å². The molecular formula is C11H10Cl2N4O3. The van der Waals surface area contributed by atoms with Gasteiger partial charge in [-0.05, 0) is 12.5 Å². The number of hydrogen-bond acceptors (Lipinski definition) is 5. The summed E-state index contributed by atoms with van der Waals surface area (Å²) in [7, 11) is 1.38. The molecule has 2 rings (SSSR count). The molecule has 1 saturated heterocycles. The largest absolute Gasteiger partial charge is 0.340 e. The van der Waals surface area contributed by atoms with Crippen molar-refractivity contribution >= 4 is 40.9 Å². The van der Waals surface area contributed by atoms with Gasteiger partial charge in [-0.3, -0.25) is 19.3 Å². The molecule has 0 bridgehead atoms. The topological polar surface area (TPSA) is 92.3 Å². The first-order valence-corrected chi connectivity index (χ1v) is 6.45. The van der Waals surface area contributed by atoms with Crippen molar-refractivity contribution in [2.24, 2.45) is 0 Å². The van der Waals surface area contributed by atoms with Crippen molar-refractivity contribution in [1.82, 2.24) is 20.4 Å². The van der Waals surface area contributed by atoms with Gasteiger partial charge in [0.25, 0.3) is 11.8 Å². The number of nitrogens with one attached hydrogen (secondary N) is 1. The number of amides is 3. The van der Waals surface area contributed by atoms with Crippen molar-refractivity contribution in [1.29, 1.82) is 0 Å². The minimum atomic E-state index is -0.770. The molecule has 7 nitrogen and oxygen atoms in total. The zero-order valence-corrected chi connectivity index (χ0v) is 11.9. The number of likely N-dealkylation sites (tertiary alicyclic amines) is 1. The van der Waals surface area contributed by atoms with Gasteiger partial charge in [-0.2, -0.15) is 0 Å². The monoisotopic (exact) mass is 316 g/mol. The van der Waals surface area contributed by atoms with E-state index in [0.717, 1.165) is 4.90 Å². The number of carbonyl (C=O) groups excluding carboxylic acids is 3. The Morgan fingerprint density at radius 1 is 1.40 bits per heavy atom. The average Bonchev–Trinajstić information content (AvgIpc) is 2.42. The summed E-state index contributed by atoms with van der Waals surface area (Å²) in [5.74, 6) is -1.32. The van der Waals surface area contributed by atoms with E-state index < -0.39 is 17.9 Å². The van der Waals surface area contributed by atoms with E-state index in [-0.39, 0.29) is 34.6 Å². The lowest BCUT2D eigenvalue weighted by Crippen LogP contribution is -2.52. The maximum atomic E-state index is 12.0. The van der Waals surface area contributed by atoms with Crippen LogP contribution in [0.1, 0.15) is 23.2 Å². The van der Waals surface area contributed by atoms with Crippen LogP contribution in [0.15, 0.2) is 6.07 Å². The second-order valence-electron chi connectivity index (χ2n) is 4.23. The van der Waals surface area contributed by atoms with Crippen molar-refractivity contribution in [2.75, 3.05) is 7.05 Å². The molecule has 0 aliphatic carbocycles. The zero-order chi connectivity index (χ0) is 14.9. The molecule has 1 atom stereocenters. The van der Waals surface area contributed by atoms with Gasteiger partial charge in [0.05, 0.1) is 5.56 Å². The quantitative estimate of drug-likeness (QED) is 0.809. The van der Waals surface area contributed by atoms with Crippen LogP contribution in [0.3, 0.4) is 0 Å². The highest BCUT2D eigenvalue weighted by molar-refractivity contribution is 6.34. The van der Waals surface area contributed by atoms with E-state index >= 15 is 0 Å². The molecule has 0 spiro atoms. The number of likely N-dealkylation sites (N-methyl/N-ethyl adjacent to an activating group) is 1. The van der Waals surface area contributed by atoms with Crippen molar-refractivity contribution in [3.63, 3.8) is 0 Å². The number of rotatable bonds is 2. The van der Waals surface area contributed by atoms with E-state index in [1.165, 1.54) is 13.1 Å². The average molecular weight is 317 g/mol. The van der Waals surface area contributed by atoms with Crippen LogP contribution in [-0.2, 0) is 9.59 Å². The van der Waals surface area contributed by atoms with Gasteiger partial charge in [-0.15, -0.1) is 10.2 Å². The van der Waals surface area contributed by atoms with Crippen LogP contribution >= 0.6 is 23.2 Å². The smallest absolute Gasteiger partial charge is 0.255 e. The van der Waals surface area contributed by atoms with Crippen molar-refractivity contribution in [3.05, 3.63) is 21.9 Å². The van der Waals surface area contributed by atoms with Crippen LogP contribution in [0.5, 0.6) is 0 Å². The molecule has 0 radical (unpaired) electrons. The second-order valence-corrected chi connectivity index (χ2v) is 4.97. The summed E-state index contributed by atoms with van der Waals surface area (Å²) in [6, 6.07) is 0.488. The molecule has 2 heterocycles. The van der Waals surface area contributed by atoms with Gasteiger partial charge in [0.15, 0.2) is 10.3 Å². The number of piperidine rings is 1. The van der Waals surface area contributed by atoms with Gasteiger partial charge < -0.3 is 5.32 Å². The first-order valence-electron chi connectivity index (χ1n) is 5.70. The fourth-order valence-electron chi connectivity index (χ4n) is 1.80. The summed E-state index contributed by atoms with van der Waals surface area (Å²) in [6.07, 6.45) is 0.438. The molecule has 0 aromatic carbocycles. The molecule has 1 aromatic heterocycles. The molecule has 1 N–H and O–H groups in total. The summed E-state index contributed by atoms with van der Waals surface area (Å²) in [6.45, 7) is 0. The van der Waals surface area contributed by atoms with Crippen molar-refractivity contribution in [3.8, 4) is 0 Å². The van der Waals surface area contributed by atoms with Crippen LogP contribution in [0, 0.1) is 0 Å². The third-order valence-corrected chi connectivity index (χ3v) is 3.38. The van der Waals surface area contributed by atoms with Gasteiger partial charge >= 0.3 is 0 Å². The highest BCUT2D eigenvalue weighted by atomic mass is 35.5. The highest BCUT2D eigenvalue weighted by Crippen LogP contribution is 2.17. The SMILES string of the molecule is CN1C(=O)CCC(NC(=O)c2cc(Cl)nnc2Cl)C1=O. The Labute approximate surface area is 124 Å². The zero-order valence-electron chi connectivity index (χ0n) is 10.4. The first-order chi connectivity index (χ1) is 9.40. The Morgan fingerprint density at radius 2 is 2.10 bits per heavy atom. The van der Waals surface area contributed by atoms with Crippen molar-refractivity contribution < 1.29 is 14.4 Å². The summed E-state index contributed by atoms with van der Waals surface area (Å²) in [5.41, 5.74) is 0.0269. The summed E-state index contributed by atoms with van der Waals surface area (Å²) >= 11 is 11.4. The van der Waals surface area contributed by atoms with Crippen LogP contribution in [0.2, 0.25) is 10.3 Å². The molecule has 1 unspecified atom stereocenters. The molecule has 1 aromatic rings. The fourth-order valence-corrected chi connectivity index (χ4v) is 2.12. The Hall–Kier alpha value is -1.73. The molecular weight excluding hydrogens is 307 g/mol. The number of aromatic nitrogens is 2. The van der Waals surface area contributed by atoms with Gasteiger partial charge in [0, 0.05) is 13.5 Å². The van der Waals surface area contributed by atoms with E-state index in [1.54, 1.807) is 0 Å². The highest BCUT2D eigenvalue weighted by Gasteiger charge is 2.33. The molecule has 1 fully saturated rings. The van der Waals surface area contributed by atoms with E-state index in [1.807, 2.05) is 0 Å².